The first kappa shape index (κ1) is 77.3. The van der Waals surface area contributed by atoms with Gasteiger partial charge in [0.2, 0.25) is 0 Å². The molecule has 0 aliphatic rings. The summed E-state index contributed by atoms with van der Waals surface area (Å²) in [5.41, 5.74) is 0. The Morgan fingerprint density at radius 3 is 0.753 bits per heavy atom. The fourth-order valence-corrected chi connectivity index (χ4v) is 9.96. The predicted octanol–water partition coefficient (Wildman–Crippen LogP) is 24.0. The molecular weight excluding hydrogens is 997 g/mol. The van der Waals surface area contributed by atoms with E-state index >= 15 is 0 Å². The number of hydrogen-bond donors (Lipinski definition) is 0. The van der Waals surface area contributed by atoms with Crippen LogP contribution in [-0.2, 0) is 28.6 Å². The molecule has 1 atom stereocenters. The van der Waals surface area contributed by atoms with Crippen LogP contribution in [0.4, 0.5) is 0 Å². The second-order valence-corrected chi connectivity index (χ2v) is 23.0. The van der Waals surface area contributed by atoms with E-state index in [-0.39, 0.29) is 31.1 Å². The number of carbonyl (C=O) groups is 3. The molecule has 0 saturated carbocycles. The molecule has 6 nitrogen and oxygen atoms in total. The lowest BCUT2D eigenvalue weighted by atomic mass is 10.0. The summed E-state index contributed by atoms with van der Waals surface area (Å²) in [6.45, 7) is 6.46. The Morgan fingerprint density at radius 1 is 0.259 bits per heavy atom. The van der Waals surface area contributed by atoms with E-state index in [9.17, 15) is 14.4 Å². The van der Waals surface area contributed by atoms with Crippen LogP contribution in [0.15, 0.2) is 97.2 Å². The van der Waals surface area contributed by atoms with Crippen LogP contribution in [0, 0.1) is 0 Å². The summed E-state index contributed by atoms with van der Waals surface area (Å²) in [5.74, 6) is -0.864. The van der Waals surface area contributed by atoms with Gasteiger partial charge in [0.05, 0.1) is 0 Å². The summed E-state index contributed by atoms with van der Waals surface area (Å²) >= 11 is 0. The van der Waals surface area contributed by atoms with Crippen LogP contribution >= 0.6 is 0 Å². The lowest BCUT2D eigenvalue weighted by molar-refractivity contribution is -0.167. The van der Waals surface area contributed by atoms with Gasteiger partial charge in [0.1, 0.15) is 13.2 Å². The molecule has 0 aromatic carbocycles. The molecule has 0 fully saturated rings. The number of unbranched alkanes of at least 4 members (excludes halogenated alkanes) is 36. The topological polar surface area (TPSA) is 78.9 Å². The molecule has 0 N–H and O–H groups in total. The summed E-state index contributed by atoms with van der Waals surface area (Å²) in [6, 6.07) is 0. The molecule has 0 heterocycles. The number of esters is 3. The standard InChI is InChI=1S/C75H130O6/c1-4-7-10-13-16-19-22-25-28-30-32-34-36-37-39-40-42-44-47-50-53-56-59-62-65-68-74(77)80-71-72(70-79-73(76)67-64-61-58-55-52-49-46-27-24-21-18-15-12-9-6-3)81-75(78)69-66-63-60-57-54-51-48-45-43-41-38-35-33-31-29-26-23-20-17-14-11-8-5-2/h7-8,10-11,16-17,19-20,25-26,28-29,32-35,72H,4-6,9,12-15,18,21-24,27,30-31,36-71H2,1-3H3/b10-7-,11-8-,19-16-,20-17-,28-25-,29-26-,34-32-,35-33-. The third-order valence-electron chi connectivity index (χ3n) is 15.1. The van der Waals surface area contributed by atoms with Crippen molar-refractivity contribution >= 4 is 17.9 Å². The first-order valence-electron chi connectivity index (χ1n) is 34.7. The maximum Gasteiger partial charge on any atom is 0.306 e. The third-order valence-corrected chi connectivity index (χ3v) is 15.1. The summed E-state index contributed by atoms with van der Waals surface area (Å²) in [4.78, 5) is 38.5. The maximum atomic E-state index is 13.0. The van der Waals surface area contributed by atoms with Crippen molar-refractivity contribution in [2.24, 2.45) is 0 Å². The molecule has 466 valence electrons. The molecule has 0 aromatic rings. The first-order chi connectivity index (χ1) is 40.0. The van der Waals surface area contributed by atoms with Gasteiger partial charge in [-0.25, -0.2) is 0 Å². The van der Waals surface area contributed by atoms with Crippen molar-refractivity contribution < 1.29 is 28.6 Å². The zero-order chi connectivity index (χ0) is 58.5. The van der Waals surface area contributed by atoms with Crippen molar-refractivity contribution in [1.29, 1.82) is 0 Å². The van der Waals surface area contributed by atoms with Gasteiger partial charge >= 0.3 is 17.9 Å². The molecule has 0 aliphatic heterocycles. The summed E-state index contributed by atoms with van der Waals surface area (Å²) in [7, 11) is 0. The Kier molecular flexibility index (Phi) is 65.7. The monoisotopic (exact) mass is 1130 g/mol. The second kappa shape index (κ2) is 68.8. The van der Waals surface area contributed by atoms with E-state index in [4.69, 9.17) is 14.2 Å². The van der Waals surface area contributed by atoms with Gasteiger partial charge in [-0.3, -0.25) is 14.4 Å². The molecule has 0 aromatic heterocycles. The van der Waals surface area contributed by atoms with Crippen LogP contribution in [0.1, 0.15) is 342 Å². The second-order valence-electron chi connectivity index (χ2n) is 23.0. The van der Waals surface area contributed by atoms with E-state index in [1.807, 2.05) is 0 Å². The highest BCUT2D eigenvalue weighted by Crippen LogP contribution is 2.17. The molecule has 6 heteroatoms. The van der Waals surface area contributed by atoms with Crippen LogP contribution in [0.5, 0.6) is 0 Å². The summed E-state index contributed by atoms with van der Waals surface area (Å²) in [6.07, 6.45) is 92.8. The SMILES string of the molecule is CC/C=C\C/C=C\C/C=C\C/C=C\CCCCCCCCCCCCCCC(=O)OCC(COC(=O)CCCCCCCCCCCCCCCCC)OC(=O)CCCCCCCCCCCC/C=C\C/C=C\C/C=C\C/C=C\CC. The van der Waals surface area contributed by atoms with E-state index in [1.54, 1.807) is 0 Å². The van der Waals surface area contributed by atoms with Crippen LogP contribution in [-0.4, -0.2) is 37.2 Å². The van der Waals surface area contributed by atoms with Crippen molar-refractivity contribution in [3.05, 3.63) is 97.2 Å². The van der Waals surface area contributed by atoms with Crippen molar-refractivity contribution in [3.8, 4) is 0 Å². The van der Waals surface area contributed by atoms with E-state index in [2.05, 4.69) is 118 Å². The van der Waals surface area contributed by atoms with Gasteiger partial charge in [-0.15, -0.1) is 0 Å². The van der Waals surface area contributed by atoms with Crippen molar-refractivity contribution in [2.75, 3.05) is 13.2 Å². The van der Waals surface area contributed by atoms with Gasteiger partial charge in [0, 0.05) is 19.3 Å². The number of hydrogen-bond acceptors (Lipinski definition) is 6. The highest BCUT2D eigenvalue weighted by molar-refractivity contribution is 5.71. The fraction of sp³-hybridized carbons (Fsp3) is 0.747. The third kappa shape index (κ3) is 67.0. The number of ether oxygens (including phenoxy) is 3. The molecule has 0 aliphatic carbocycles. The minimum atomic E-state index is -0.781. The first-order valence-corrected chi connectivity index (χ1v) is 34.7. The molecule has 0 rings (SSSR count). The highest BCUT2D eigenvalue weighted by atomic mass is 16.6. The minimum absolute atomic E-state index is 0.0757. The maximum absolute atomic E-state index is 13.0. The largest absolute Gasteiger partial charge is 0.462 e. The number of rotatable bonds is 63. The van der Waals surface area contributed by atoms with E-state index < -0.39 is 6.10 Å². The molecule has 0 bridgehead atoms. The average molecular weight is 1130 g/mol. The number of carbonyl (C=O) groups excluding carboxylic acids is 3. The van der Waals surface area contributed by atoms with Gasteiger partial charge in [0.15, 0.2) is 6.10 Å². The Balaban J connectivity index is 4.33. The average Bonchev–Trinajstić information content (AvgIpc) is 3.47. The van der Waals surface area contributed by atoms with Crippen molar-refractivity contribution in [1.82, 2.24) is 0 Å². The van der Waals surface area contributed by atoms with Gasteiger partial charge in [-0.05, 0) is 96.3 Å². The van der Waals surface area contributed by atoms with Crippen LogP contribution in [0.25, 0.3) is 0 Å². The van der Waals surface area contributed by atoms with Gasteiger partial charge in [-0.2, -0.15) is 0 Å². The zero-order valence-electron chi connectivity index (χ0n) is 53.5. The summed E-state index contributed by atoms with van der Waals surface area (Å²) < 4.78 is 17.0. The van der Waals surface area contributed by atoms with E-state index in [0.29, 0.717) is 19.3 Å². The van der Waals surface area contributed by atoms with Crippen LogP contribution in [0.2, 0.25) is 0 Å². The van der Waals surface area contributed by atoms with E-state index in [1.165, 1.54) is 193 Å². The smallest absolute Gasteiger partial charge is 0.306 e. The van der Waals surface area contributed by atoms with Gasteiger partial charge in [0.25, 0.3) is 0 Å². The molecule has 0 amide bonds. The summed E-state index contributed by atoms with van der Waals surface area (Å²) in [5, 5.41) is 0. The Hall–Kier alpha value is -3.67. The lowest BCUT2D eigenvalue weighted by Crippen LogP contribution is -2.30. The lowest BCUT2D eigenvalue weighted by Gasteiger charge is -2.18. The molecule has 1 unspecified atom stereocenters. The molecular formula is C75H130O6. The minimum Gasteiger partial charge on any atom is -0.462 e. The quantitative estimate of drug-likeness (QED) is 0.0261. The Labute approximate surface area is 502 Å². The predicted molar refractivity (Wildman–Crippen MR) is 353 cm³/mol. The van der Waals surface area contributed by atoms with Crippen LogP contribution < -0.4 is 0 Å². The fourth-order valence-electron chi connectivity index (χ4n) is 9.96. The number of allylic oxidation sites excluding steroid dienone is 16. The zero-order valence-corrected chi connectivity index (χ0v) is 53.5. The van der Waals surface area contributed by atoms with Crippen LogP contribution in [0.3, 0.4) is 0 Å². The van der Waals surface area contributed by atoms with Gasteiger partial charge < -0.3 is 14.2 Å². The molecule has 0 saturated heterocycles. The Bertz CT molecular complexity index is 1580. The Morgan fingerprint density at radius 2 is 0.481 bits per heavy atom. The normalized spacial score (nSPS) is 12.7. The molecule has 0 radical (unpaired) electrons. The van der Waals surface area contributed by atoms with Gasteiger partial charge in [-0.1, -0.05) is 323 Å². The molecule has 0 spiro atoms. The van der Waals surface area contributed by atoms with Crippen molar-refractivity contribution in [2.45, 2.75) is 348 Å². The molecule has 81 heavy (non-hydrogen) atoms. The van der Waals surface area contributed by atoms with Crippen molar-refractivity contribution in [3.63, 3.8) is 0 Å². The van der Waals surface area contributed by atoms with E-state index in [0.717, 1.165) is 109 Å². The highest BCUT2D eigenvalue weighted by Gasteiger charge is 2.19.